The predicted octanol–water partition coefficient (Wildman–Crippen LogP) is 4.27. The molecule has 4 rings (SSSR count). The molecule has 3 aromatic rings. The fraction of sp³-hybridized carbons (Fsp3) is 0.182. The molecular weight excluding hydrogens is 450 g/mol. The molecule has 0 saturated carbocycles. The van der Waals surface area contributed by atoms with Gasteiger partial charge in [-0.25, -0.2) is 5.43 Å². The number of carbonyl (C=O) groups excluding carboxylic acids is 2. The van der Waals surface area contributed by atoms with Crippen LogP contribution in [0.25, 0.3) is 0 Å². The molecule has 2 N–H and O–H groups in total. The highest BCUT2D eigenvalue weighted by Gasteiger charge is 2.28. The molecule has 0 fully saturated rings. The van der Waals surface area contributed by atoms with E-state index < -0.39 is 16.7 Å². The van der Waals surface area contributed by atoms with E-state index in [-0.39, 0.29) is 22.0 Å². The number of nitrogens with one attached hydrogen (secondary N) is 2. The summed E-state index contributed by atoms with van der Waals surface area (Å²) in [6.45, 7) is 1.76. The second-order valence-electron chi connectivity index (χ2n) is 7.32. The van der Waals surface area contributed by atoms with Crippen molar-refractivity contribution in [3.05, 3.63) is 86.1 Å². The maximum atomic E-state index is 12.7. The summed E-state index contributed by atoms with van der Waals surface area (Å²) in [5.74, 6) is -0.226. The third-order valence-corrected chi connectivity index (χ3v) is 5.49. The van der Waals surface area contributed by atoms with E-state index in [4.69, 9.17) is 16.0 Å². The monoisotopic (exact) mass is 467 g/mol. The van der Waals surface area contributed by atoms with Crippen molar-refractivity contribution in [1.29, 1.82) is 0 Å². The summed E-state index contributed by atoms with van der Waals surface area (Å²) in [6.07, 6.45) is 5.07. The predicted molar refractivity (Wildman–Crippen MR) is 121 cm³/mol. The number of aryl methyl sites for hydroxylation is 1. The molecule has 2 heterocycles. The zero-order valence-corrected chi connectivity index (χ0v) is 18.2. The smallest absolute Gasteiger partial charge is 0.291 e. The number of halogens is 1. The summed E-state index contributed by atoms with van der Waals surface area (Å²) < 4.78 is 5.84. The molecule has 10 nitrogen and oxygen atoms in total. The summed E-state index contributed by atoms with van der Waals surface area (Å²) in [7, 11) is 0. The Morgan fingerprint density at radius 1 is 1.18 bits per heavy atom. The maximum Gasteiger partial charge on any atom is 0.291 e. The van der Waals surface area contributed by atoms with Gasteiger partial charge in [0.05, 0.1) is 10.6 Å². The van der Waals surface area contributed by atoms with Crippen molar-refractivity contribution in [2.24, 2.45) is 5.10 Å². The molecule has 33 heavy (non-hydrogen) atoms. The number of fused-ring (bicyclic) bond motifs is 1. The topological polar surface area (TPSA) is 140 Å². The van der Waals surface area contributed by atoms with Crippen molar-refractivity contribution < 1.29 is 18.9 Å². The van der Waals surface area contributed by atoms with Crippen LogP contribution in [-0.2, 0) is 6.42 Å². The zero-order chi connectivity index (χ0) is 23.5. The highest BCUT2D eigenvalue weighted by molar-refractivity contribution is 6.32. The van der Waals surface area contributed by atoms with Gasteiger partial charge in [-0.1, -0.05) is 11.6 Å². The number of amides is 2. The van der Waals surface area contributed by atoms with E-state index in [0.717, 1.165) is 12.5 Å². The Balaban J connectivity index is 1.57. The second-order valence-corrected chi connectivity index (χ2v) is 7.73. The molecule has 1 aliphatic carbocycles. The number of furan rings is 1. The van der Waals surface area contributed by atoms with Gasteiger partial charge in [0.2, 0.25) is 0 Å². The van der Waals surface area contributed by atoms with E-state index >= 15 is 0 Å². The molecule has 168 valence electrons. The lowest BCUT2D eigenvalue weighted by Gasteiger charge is -2.13. The first-order valence-electron chi connectivity index (χ1n) is 10.00. The first-order chi connectivity index (χ1) is 15.8. The summed E-state index contributed by atoms with van der Waals surface area (Å²) in [4.78, 5) is 39.6. The van der Waals surface area contributed by atoms with Gasteiger partial charge in [0.15, 0.2) is 5.76 Å². The average Bonchev–Trinajstić information content (AvgIpc) is 3.15. The second kappa shape index (κ2) is 9.21. The van der Waals surface area contributed by atoms with Gasteiger partial charge in [0.1, 0.15) is 10.8 Å². The van der Waals surface area contributed by atoms with Crippen LogP contribution in [-0.4, -0.2) is 27.4 Å². The van der Waals surface area contributed by atoms with Crippen molar-refractivity contribution in [3.63, 3.8) is 0 Å². The van der Waals surface area contributed by atoms with E-state index in [1.807, 2.05) is 0 Å². The Hall–Kier alpha value is -4.05. The molecule has 2 amide bonds. The van der Waals surface area contributed by atoms with Gasteiger partial charge < -0.3 is 9.73 Å². The van der Waals surface area contributed by atoms with Crippen LogP contribution >= 0.6 is 11.6 Å². The van der Waals surface area contributed by atoms with Crippen molar-refractivity contribution >= 4 is 40.5 Å². The van der Waals surface area contributed by atoms with Gasteiger partial charge in [-0.2, -0.15) is 5.10 Å². The van der Waals surface area contributed by atoms with E-state index in [2.05, 4.69) is 20.8 Å². The number of benzene rings is 1. The fourth-order valence-electron chi connectivity index (χ4n) is 3.60. The van der Waals surface area contributed by atoms with Gasteiger partial charge >= 0.3 is 0 Å². The van der Waals surface area contributed by atoms with Gasteiger partial charge in [-0.15, -0.1) is 0 Å². The number of anilines is 1. The number of nitrogens with zero attached hydrogens (tertiary/aromatic N) is 3. The third kappa shape index (κ3) is 4.60. The minimum absolute atomic E-state index is 0.0489. The molecule has 2 aromatic heterocycles. The molecule has 0 bridgehead atoms. The Kier molecular flexibility index (Phi) is 6.18. The van der Waals surface area contributed by atoms with Crippen LogP contribution in [0.15, 0.2) is 52.2 Å². The van der Waals surface area contributed by atoms with Gasteiger partial charge in [-0.05, 0) is 44.0 Å². The van der Waals surface area contributed by atoms with E-state index in [1.165, 1.54) is 12.1 Å². The van der Waals surface area contributed by atoms with Crippen molar-refractivity contribution in [3.8, 4) is 0 Å². The quantitative estimate of drug-likeness (QED) is 0.424. The number of nitro groups is 1. The normalized spacial score (nSPS) is 13.9. The van der Waals surface area contributed by atoms with E-state index in [0.29, 0.717) is 41.1 Å². The van der Waals surface area contributed by atoms with Crippen LogP contribution in [0.4, 0.5) is 11.4 Å². The SMILES string of the molecule is Cc1c(C(=O)Nc2ccncc2)oc2c1/C(=N/NC(=O)c1ccc(Cl)c([N+](=O)[O-])c1)CCC2. The maximum absolute atomic E-state index is 12.7. The van der Waals surface area contributed by atoms with E-state index in [9.17, 15) is 19.7 Å². The Bertz CT molecular complexity index is 1290. The third-order valence-electron chi connectivity index (χ3n) is 5.17. The Labute approximate surface area is 192 Å². The average molecular weight is 468 g/mol. The molecule has 0 radical (unpaired) electrons. The number of hydrogen-bond acceptors (Lipinski definition) is 7. The lowest BCUT2D eigenvalue weighted by atomic mass is 9.93. The van der Waals surface area contributed by atoms with Crippen LogP contribution in [0.1, 0.15) is 50.6 Å². The van der Waals surface area contributed by atoms with E-state index in [1.54, 1.807) is 31.5 Å². The van der Waals surface area contributed by atoms with Crippen molar-refractivity contribution in [2.45, 2.75) is 26.2 Å². The lowest BCUT2D eigenvalue weighted by Crippen LogP contribution is -2.22. The number of carbonyl (C=O) groups is 2. The molecule has 0 unspecified atom stereocenters. The molecule has 11 heteroatoms. The summed E-state index contributed by atoms with van der Waals surface area (Å²) >= 11 is 5.80. The molecule has 0 spiro atoms. The summed E-state index contributed by atoms with van der Waals surface area (Å²) in [5, 5.41) is 18.0. The minimum atomic E-state index is -0.661. The van der Waals surface area contributed by atoms with Crippen molar-refractivity contribution in [1.82, 2.24) is 10.4 Å². The highest BCUT2D eigenvalue weighted by Crippen LogP contribution is 2.30. The first-order valence-corrected chi connectivity index (χ1v) is 10.4. The number of pyridine rings is 1. The number of aromatic nitrogens is 1. The molecule has 0 atom stereocenters. The summed E-state index contributed by atoms with van der Waals surface area (Å²) in [6, 6.07) is 7.09. The fourth-order valence-corrected chi connectivity index (χ4v) is 3.78. The molecule has 1 aliphatic rings. The molecule has 1 aromatic carbocycles. The number of hydrazone groups is 1. The first kappa shape index (κ1) is 22.2. The van der Waals surface area contributed by atoms with Crippen LogP contribution in [0, 0.1) is 17.0 Å². The van der Waals surface area contributed by atoms with Crippen LogP contribution in [0.2, 0.25) is 5.02 Å². The number of hydrogen-bond donors (Lipinski definition) is 2. The largest absolute Gasteiger partial charge is 0.455 e. The van der Waals surface area contributed by atoms with Crippen LogP contribution < -0.4 is 10.7 Å². The van der Waals surface area contributed by atoms with Crippen LogP contribution in [0.3, 0.4) is 0 Å². The lowest BCUT2D eigenvalue weighted by molar-refractivity contribution is -0.384. The van der Waals surface area contributed by atoms with Gasteiger partial charge in [0.25, 0.3) is 17.5 Å². The molecular formula is C22H18ClN5O5. The molecule has 0 saturated heterocycles. The Morgan fingerprint density at radius 2 is 1.94 bits per heavy atom. The van der Waals surface area contributed by atoms with Gasteiger partial charge in [0, 0.05) is 47.3 Å². The number of nitro benzene ring substituents is 1. The highest BCUT2D eigenvalue weighted by atomic mass is 35.5. The van der Waals surface area contributed by atoms with Crippen LogP contribution in [0.5, 0.6) is 0 Å². The standard InChI is InChI=1S/C22H18ClN5O5/c1-12-19-16(26-27-21(29)13-5-6-15(23)17(11-13)28(31)32)3-2-4-18(19)33-20(12)22(30)25-14-7-9-24-10-8-14/h5-11H,2-4H2,1H3,(H,27,29)(H,24,25,30)/b26-16+. The Morgan fingerprint density at radius 3 is 2.67 bits per heavy atom. The zero-order valence-electron chi connectivity index (χ0n) is 17.4. The van der Waals surface area contributed by atoms with Gasteiger partial charge in [-0.3, -0.25) is 24.7 Å². The summed E-state index contributed by atoms with van der Waals surface area (Å²) in [5.41, 5.74) is 4.57. The molecule has 0 aliphatic heterocycles. The number of rotatable bonds is 5. The minimum Gasteiger partial charge on any atom is -0.455 e. The van der Waals surface area contributed by atoms with Crippen molar-refractivity contribution in [2.75, 3.05) is 5.32 Å².